The normalized spacial score (nSPS) is 25.2. The highest BCUT2D eigenvalue weighted by Gasteiger charge is 2.23. The summed E-state index contributed by atoms with van der Waals surface area (Å²) < 4.78 is 0. The maximum absolute atomic E-state index is 3.64. The van der Waals surface area contributed by atoms with Crippen LogP contribution in [0, 0.1) is 0 Å². The SMILES string of the molecule is CCC(CNC1CC1)N1CC=CCC1. The Labute approximate surface area is 87.4 Å². The van der Waals surface area contributed by atoms with Crippen molar-refractivity contribution in [3.05, 3.63) is 12.2 Å². The van der Waals surface area contributed by atoms with Gasteiger partial charge in [0, 0.05) is 31.7 Å². The summed E-state index contributed by atoms with van der Waals surface area (Å²) in [6.07, 6.45) is 9.92. The van der Waals surface area contributed by atoms with Crippen molar-refractivity contribution in [1.29, 1.82) is 0 Å². The van der Waals surface area contributed by atoms with Crippen LogP contribution in [0.2, 0.25) is 0 Å². The Kier molecular flexibility index (Phi) is 3.60. The Morgan fingerprint density at radius 2 is 2.29 bits per heavy atom. The van der Waals surface area contributed by atoms with Gasteiger partial charge in [-0.1, -0.05) is 19.1 Å². The van der Waals surface area contributed by atoms with Crippen LogP contribution in [0.25, 0.3) is 0 Å². The van der Waals surface area contributed by atoms with E-state index in [1.54, 1.807) is 0 Å². The van der Waals surface area contributed by atoms with Crippen LogP contribution >= 0.6 is 0 Å². The first-order chi connectivity index (χ1) is 6.90. The maximum atomic E-state index is 3.64. The predicted molar refractivity (Wildman–Crippen MR) is 60.4 cm³/mol. The highest BCUT2D eigenvalue weighted by molar-refractivity contribution is 4.93. The van der Waals surface area contributed by atoms with E-state index >= 15 is 0 Å². The lowest BCUT2D eigenvalue weighted by Crippen LogP contribution is -2.44. The number of rotatable bonds is 5. The molecule has 1 fully saturated rings. The summed E-state index contributed by atoms with van der Waals surface area (Å²) in [6, 6.07) is 1.60. The molecule has 0 aromatic rings. The van der Waals surface area contributed by atoms with Crippen LogP contribution in [0.4, 0.5) is 0 Å². The van der Waals surface area contributed by atoms with Gasteiger partial charge >= 0.3 is 0 Å². The molecule has 14 heavy (non-hydrogen) atoms. The molecule has 0 aromatic heterocycles. The molecular formula is C12H22N2. The van der Waals surface area contributed by atoms with Gasteiger partial charge in [0.15, 0.2) is 0 Å². The highest BCUT2D eigenvalue weighted by atomic mass is 15.2. The van der Waals surface area contributed by atoms with Gasteiger partial charge in [-0.3, -0.25) is 4.90 Å². The van der Waals surface area contributed by atoms with Crippen molar-refractivity contribution in [2.45, 2.75) is 44.7 Å². The minimum Gasteiger partial charge on any atom is -0.312 e. The van der Waals surface area contributed by atoms with Crippen LogP contribution < -0.4 is 5.32 Å². The molecule has 1 aliphatic carbocycles. The quantitative estimate of drug-likeness (QED) is 0.671. The summed E-state index contributed by atoms with van der Waals surface area (Å²) in [6.45, 7) is 5.90. The van der Waals surface area contributed by atoms with Crippen LogP contribution in [0.1, 0.15) is 32.6 Å². The summed E-state index contributed by atoms with van der Waals surface area (Å²) in [4.78, 5) is 2.61. The molecule has 1 aliphatic heterocycles. The third kappa shape index (κ3) is 2.82. The fourth-order valence-corrected chi connectivity index (χ4v) is 2.11. The fraction of sp³-hybridized carbons (Fsp3) is 0.833. The molecular weight excluding hydrogens is 172 g/mol. The minimum atomic E-state index is 0.751. The lowest BCUT2D eigenvalue weighted by atomic mass is 10.1. The van der Waals surface area contributed by atoms with Gasteiger partial charge in [-0.25, -0.2) is 0 Å². The Morgan fingerprint density at radius 3 is 2.86 bits per heavy atom. The molecule has 2 rings (SSSR count). The van der Waals surface area contributed by atoms with E-state index in [0.29, 0.717) is 0 Å². The first kappa shape index (κ1) is 10.2. The molecule has 0 aromatic carbocycles. The standard InChI is InChI=1S/C12H22N2/c1-2-12(10-13-11-6-7-11)14-8-4-3-5-9-14/h3-4,11-13H,2,5-10H2,1H3. The number of hydrogen-bond donors (Lipinski definition) is 1. The number of hydrogen-bond acceptors (Lipinski definition) is 2. The molecule has 1 saturated carbocycles. The third-order valence-corrected chi connectivity index (χ3v) is 3.30. The van der Waals surface area contributed by atoms with Crippen molar-refractivity contribution < 1.29 is 0 Å². The smallest absolute Gasteiger partial charge is 0.0221 e. The van der Waals surface area contributed by atoms with E-state index in [4.69, 9.17) is 0 Å². The van der Waals surface area contributed by atoms with Crippen LogP contribution in [0.3, 0.4) is 0 Å². The van der Waals surface area contributed by atoms with Crippen molar-refractivity contribution in [2.75, 3.05) is 19.6 Å². The lowest BCUT2D eigenvalue weighted by Gasteiger charge is -2.32. The summed E-state index contributed by atoms with van der Waals surface area (Å²) >= 11 is 0. The first-order valence-electron chi connectivity index (χ1n) is 6.02. The van der Waals surface area contributed by atoms with Gasteiger partial charge in [-0.15, -0.1) is 0 Å². The number of nitrogens with one attached hydrogen (secondary N) is 1. The molecule has 0 spiro atoms. The van der Waals surface area contributed by atoms with Crippen molar-refractivity contribution >= 4 is 0 Å². The Hall–Kier alpha value is -0.340. The van der Waals surface area contributed by atoms with Gasteiger partial charge in [-0.05, 0) is 25.7 Å². The Morgan fingerprint density at radius 1 is 1.43 bits per heavy atom. The topological polar surface area (TPSA) is 15.3 Å². The second-order valence-electron chi connectivity index (χ2n) is 4.50. The van der Waals surface area contributed by atoms with Crippen molar-refractivity contribution in [1.82, 2.24) is 10.2 Å². The van der Waals surface area contributed by atoms with Crippen molar-refractivity contribution in [2.24, 2.45) is 0 Å². The zero-order chi connectivity index (χ0) is 9.80. The third-order valence-electron chi connectivity index (χ3n) is 3.30. The average Bonchev–Trinajstić information content (AvgIpc) is 3.04. The monoisotopic (exact) mass is 194 g/mol. The largest absolute Gasteiger partial charge is 0.312 e. The molecule has 1 heterocycles. The molecule has 1 atom stereocenters. The zero-order valence-electron chi connectivity index (χ0n) is 9.21. The molecule has 0 bridgehead atoms. The molecule has 1 unspecified atom stereocenters. The second-order valence-corrected chi connectivity index (χ2v) is 4.50. The fourth-order valence-electron chi connectivity index (χ4n) is 2.11. The van der Waals surface area contributed by atoms with E-state index in [-0.39, 0.29) is 0 Å². The average molecular weight is 194 g/mol. The van der Waals surface area contributed by atoms with Crippen LogP contribution in [-0.2, 0) is 0 Å². The van der Waals surface area contributed by atoms with Crippen molar-refractivity contribution in [3.8, 4) is 0 Å². The molecule has 2 nitrogen and oxygen atoms in total. The van der Waals surface area contributed by atoms with Gasteiger partial charge in [0.05, 0.1) is 0 Å². The number of nitrogens with zero attached hydrogens (tertiary/aromatic N) is 1. The Balaban J connectivity index is 1.74. The van der Waals surface area contributed by atoms with Crippen LogP contribution in [-0.4, -0.2) is 36.6 Å². The zero-order valence-corrected chi connectivity index (χ0v) is 9.21. The van der Waals surface area contributed by atoms with E-state index < -0.39 is 0 Å². The van der Waals surface area contributed by atoms with E-state index in [1.165, 1.54) is 38.8 Å². The summed E-state index contributed by atoms with van der Waals surface area (Å²) in [5, 5.41) is 3.64. The van der Waals surface area contributed by atoms with E-state index in [9.17, 15) is 0 Å². The maximum Gasteiger partial charge on any atom is 0.0221 e. The predicted octanol–water partition coefficient (Wildman–Crippen LogP) is 1.78. The molecule has 0 amide bonds. The van der Waals surface area contributed by atoms with Gasteiger partial charge in [-0.2, -0.15) is 0 Å². The highest BCUT2D eigenvalue weighted by Crippen LogP contribution is 2.19. The molecule has 0 radical (unpaired) electrons. The molecule has 80 valence electrons. The van der Waals surface area contributed by atoms with Crippen molar-refractivity contribution in [3.63, 3.8) is 0 Å². The minimum absolute atomic E-state index is 0.751. The van der Waals surface area contributed by atoms with Gasteiger partial charge in [0.1, 0.15) is 0 Å². The van der Waals surface area contributed by atoms with Gasteiger partial charge in [0.25, 0.3) is 0 Å². The van der Waals surface area contributed by atoms with E-state index in [1.807, 2.05) is 0 Å². The summed E-state index contributed by atoms with van der Waals surface area (Å²) in [5.41, 5.74) is 0. The Bertz CT molecular complexity index is 196. The van der Waals surface area contributed by atoms with Gasteiger partial charge < -0.3 is 5.32 Å². The van der Waals surface area contributed by atoms with Gasteiger partial charge in [0.2, 0.25) is 0 Å². The lowest BCUT2D eigenvalue weighted by molar-refractivity contribution is 0.203. The molecule has 1 N–H and O–H groups in total. The first-order valence-corrected chi connectivity index (χ1v) is 6.02. The molecule has 2 heteroatoms. The summed E-state index contributed by atoms with van der Waals surface area (Å²) in [5.74, 6) is 0. The summed E-state index contributed by atoms with van der Waals surface area (Å²) in [7, 11) is 0. The second kappa shape index (κ2) is 4.94. The van der Waals surface area contributed by atoms with Crippen LogP contribution in [0.5, 0.6) is 0 Å². The van der Waals surface area contributed by atoms with E-state index in [0.717, 1.165) is 18.6 Å². The molecule has 2 aliphatic rings. The molecule has 0 saturated heterocycles. The van der Waals surface area contributed by atoms with Crippen LogP contribution in [0.15, 0.2) is 12.2 Å². The van der Waals surface area contributed by atoms with E-state index in [2.05, 4.69) is 29.3 Å².